The lowest BCUT2D eigenvalue weighted by Gasteiger charge is -2.30. The van der Waals surface area contributed by atoms with Crippen molar-refractivity contribution >= 4 is 114 Å². The van der Waals surface area contributed by atoms with Gasteiger partial charge in [-0.15, -0.1) is 0 Å². The molecule has 4 heterocycles. The van der Waals surface area contributed by atoms with Crippen LogP contribution in [0.3, 0.4) is 0 Å². The molecule has 14 aromatic rings. The van der Waals surface area contributed by atoms with Crippen LogP contribution in [0.4, 0.5) is 0 Å². The fraction of sp³-hybridized carbons (Fsp3) is 0.243. The summed E-state index contributed by atoms with van der Waals surface area (Å²) in [7, 11) is 0. The van der Waals surface area contributed by atoms with Gasteiger partial charge in [-0.25, -0.2) is 0 Å². The Morgan fingerprint density at radius 2 is 0.789 bits per heavy atom. The van der Waals surface area contributed by atoms with E-state index in [4.69, 9.17) is 0 Å². The first-order valence-corrected chi connectivity index (χ1v) is 27.8. The molecular weight excluding hydrogens is 917 g/mol. The normalized spacial score (nSPS) is 15.1. The lowest BCUT2D eigenvalue weighted by atomic mass is 9.74. The van der Waals surface area contributed by atoms with Crippen molar-refractivity contribution in [2.75, 3.05) is 0 Å². The fourth-order valence-electron chi connectivity index (χ4n) is 13.9. The molecule has 1 aliphatic rings. The minimum Gasteiger partial charge on any atom is -0.308 e. The molecular formula is C74H66N2. The van der Waals surface area contributed by atoms with Crippen LogP contribution in [0.2, 0.25) is 0 Å². The number of rotatable bonds is 2. The van der Waals surface area contributed by atoms with Crippen molar-refractivity contribution < 1.29 is 0 Å². The first kappa shape index (κ1) is 45.7. The molecule has 2 heteroatoms. The molecule has 1 unspecified atom stereocenters. The van der Waals surface area contributed by atoms with Crippen LogP contribution in [0.25, 0.3) is 137 Å². The topological polar surface area (TPSA) is 8.82 Å². The summed E-state index contributed by atoms with van der Waals surface area (Å²) in [5, 5.41) is 19.5. The maximum atomic E-state index is 2.66. The standard InChI is InChI=1S/C74H66N2/c1-71(2,3)43-27-29-63-51(31-43)59-33-45(73(7,8)9)35-61-53-37-55-57(39-65(53)75(63)69(59)61)67(49-25-17-21-41-19-13-15-23-47(41)49)56-38-54-62-36-46(74(10,11)12)34-60-52-32-44(72(4,5)6)28-30-64(52)76(70(60)62)66(54)40-58(56)68(55)50-26-18-22-42-20-14-16-24-48(42)50/h13-31,33-40,44H,32H2,1-12H3. The van der Waals surface area contributed by atoms with Crippen LogP contribution in [0.1, 0.15) is 111 Å². The molecule has 0 N–H and O–H groups in total. The van der Waals surface area contributed by atoms with Crippen molar-refractivity contribution in [3.05, 3.63) is 186 Å². The highest BCUT2D eigenvalue weighted by molar-refractivity contribution is 6.33. The lowest BCUT2D eigenvalue weighted by Crippen LogP contribution is -2.22. The van der Waals surface area contributed by atoms with Crippen LogP contribution in [0.15, 0.2) is 158 Å². The number of hydrogen-bond donors (Lipinski definition) is 0. The molecule has 76 heavy (non-hydrogen) atoms. The Balaban J connectivity index is 1.20. The summed E-state index contributed by atoms with van der Waals surface area (Å²) in [6, 6.07) is 59.8. The van der Waals surface area contributed by atoms with E-state index in [2.05, 4.69) is 256 Å². The van der Waals surface area contributed by atoms with Crippen molar-refractivity contribution in [1.82, 2.24) is 8.80 Å². The van der Waals surface area contributed by atoms with Crippen molar-refractivity contribution in [3.63, 3.8) is 0 Å². The highest BCUT2D eigenvalue weighted by atomic mass is 14.9. The summed E-state index contributed by atoms with van der Waals surface area (Å²) < 4.78 is 5.28. The third-order valence-corrected chi connectivity index (χ3v) is 18.2. The highest BCUT2D eigenvalue weighted by Crippen LogP contribution is 2.53. The molecule has 2 nitrogen and oxygen atoms in total. The Morgan fingerprint density at radius 1 is 0.355 bits per heavy atom. The van der Waals surface area contributed by atoms with Crippen LogP contribution in [-0.2, 0) is 22.7 Å². The second-order valence-corrected chi connectivity index (χ2v) is 27.0. The van der Waals surface area contributed by atoms with E-state index in [-0.39, 0.29) is 21.7 Å². The van der Waals surface area contributed by atoms with Gasteiger partial charge >= 0.3 is 0 Å². The van der Waals surface area contributed by atoms with Gasteiger partial charge in [0.05, 0.1) is 27.6 Å². The quantitative estimate of drug-likeness (QED) is 0.153. The Morgan fingerprint density at radius 3 is 1.30 bits per heavy atom. The molecule has 0 aliphatic heterocycles. The van der Waals surface area contributed by atoms with E-state index in [0.29, 0.717) is 5.92 Å². The van der Waals surface area contributed by atoms with Crippen LogP contribution in [-0.4, -0.2) is 8.80 Å². The number of hydrogen-bond acceptors (Lipinski definition) is 0. The van der Waals surface area contributed by atoms with Gasteiger partial charge in [-0.3, -0.25) is 0 Å². The Kier molecular flexibility index (Phi) is 9.04. The summed E-state index contributed by atoms with van der Waals surface area (Å²) in [6.07, 6.45) is 6.02. The predicted octanol–water partition coefficient (Wildman–Crippen LogP) is 20.9. The zero-order valence-corrected chi connectivity index (χ0v) is 46.3. The minimum atomic E-state index is -0.0519. The lowest BCUT2D eigenvalue weighted by molar-refractivity contribution is 0.291. The molecule has 15 rings (SSSR count). The van der Waals surface area contributed by atoms with E-state index in [1.807, 2.05) is 0 Å². The van der Waals surface area contributed by atoms with Crippen LogP contribution in [0, 0.1) is 11.3 Å². The third-order valence-electron chi connectivity index (χ3n) is 18.2. The van der Waals surface area contributed by atoms with Crippen LogP contribution >= 0.6 is 0 Å². The molecule has 0 spiro atoms. The zero-order chi connectivity index (χ0) is 52.3. The van der Waals surface area contributed by atoms with Gasteiger partial charge in [0.15, 0.2) is 0 Å². The molecule has 0 saturated carbocycles. The second-order valence-electron chi connectivity index (χ2n) is 27.0. The maximum absolute atomic E-state index is 2.66. The summed E-state index contributed by atoms with van der Waals surface area (Å²) in [5.41, 5.74) is 18.6. The smallest absolute Gasteiger partial charge is 0.0620 e. The summed E-state index contributed by atoms with van der Waals surface area (Å²) in [5.74, 6) is 0.456. The molecule has 0 radical (unpaired) electrons. The average molecular weight is 983 g/mol. The molecule has 0 bridgehead atoms. The average Bonchev–Trinajstić information content (AvgIpc) is 4.15. The van der Waals surface area contributed by atoms with Crippen LogP contribution in [0.5, 0.6) is 0 Å². The minimum absolute atomic E-state index is 0.0195. The number of fused-ring (bicyclic) bond motifs is 16. The second kappa shape index (κ2) is 15.0. The third kappa shape index (κ3) is 6.28. The first-order valence-electron chi connectivity index (χ1n) is 27.8. The van der Waals surface area contributed by atoms with Gasteiger partial charge < -0.3 is 8.80 Å². The maximum Gasteiger partial charge on any atom is 0.0620 e. The Labute approximate surface area is 445 Å². The van der Waals surface area contributed by atoms with E-state index in [1.54, 1.807) is 0 Å². The summed E-state index contributed by atoms with van der Waals surface area (Å²) in [6.45, 7) is 28.5. The van der Waals surface area contributed by atoms with E-state index in [1.165, 1.54) is 159 Å². The van der Waals surface area contributed by atoms with Crippen LogP contribution < -0.4 is 0 Å². The van der Waals surface area contributed by atoms with Gasteiger partial charge in [-0.05, 0) is 188 Å². The van der Waals surface area contributed by atoms with Gasteiger partial charge in [-0.1, -0.05) is 180 Å². The Bertz CT molecular complexity index is 4850. The van der Waals surface area contributed by atoms with Crippen molar-refractivity contribution in [3.8, 4) is 22.3 Å². The fourth-order valence-corrected chi connectivity index (χ4v) is 13.9. The summed E-state index contributed by atoms with van der Waals surface area (Å²) >= 11 is 0. The van der Waals surface area contributed by atoms with Crippen molar-refractivity contribution in [1.29, 1.82) is 0 Å². The van der Waals surface area contributed by atoms with E-state index >= 15 is 0 Å². The molecule has 1 aliphatic carbocycles. The van der Waals surface area contributed by atoms with Gasteiger partial charge in [0.25, 0.3) is 0 Å². The van der Waals surface area contributed by atoms with Gasteiger partial charge in [-0.2, -0.15) is 0 Å². The van der Waals surface area contributed by atoms with Gasteiger partial charge in [0.1, 0.15) is 0 Å². The molecule has 0 amide bonds. The Hall–Kier alpha value is -7.68. The molecule has 0 fully saturated rings. The van der Waals surface area contributed by atoms with Crippen molar-refractivity contribution in [2.24, 2.45) is 11.3 Å². The highest BCUT2D eigenvalue weighted by Gasteiger charge is 2.33. The number of benzene rings is 10. The van der Waals surface area contributed by atoms with E-state index < -0.39 is 0 Å². The predicted molar refractivity (Wildman–Crippen MR) is 331 cm³/mol. The van der Waals surface area contributed by atoms with E-state index in [0.717, 1.165) is 6.42 Å². The first-order chi connectivity index (χ1) is 36.2. The summed E-state index contributed by atoms with van der Waals surface area (Å²) in [4.78, 5) is 0. The van der Waals surface area contributed by atoms with Gasteiger partial charge in [0.2, 0.25) is 0 Å². The molecule has 0 saturated heterocycles. The SMILES string of the molecule is CC(C)(C)c1cc2c3c(n4c5cc6c(-c7cccc8ccccc78)c7cc8c9cc(C(C)(C)C)cc%10c%11cc(C(C)(C)C)ccc%11n(c8cc7c(-c7cccc8ccccc78)c6cc5c(c1)c24)c%109)C=CC(C(C)(C)C)C3. The number of aromatic nitrogens is 2. The molecule has 4 aromatic heterocycles. The number of allylic oxidation sites excluding steroid dienone is 1. The number of nitrogens with zero attached hydrogens (tertiary/aromatic N) is 2. The monoisotopic (exact) mass is 983 g/mol. The molecule has 372 valence electrons. The van der Waals surface area contributed by atoms with Gasteiger partial charge in [0, 0.05) is 43.4 Å². The van der Waals surface area contributed by atoms with Crippen molar-refractivity contribution in [2.45, 2.75) is 106 Å². The molecule has 10 aromatic carbocycles. The van der Waals surface area contributed by atoms with E-state index in [9.17, 15) is 0 Å². The zero-order valence-electron chi connectivity index (χ0n) is 46.3. The molecule has 1 atom stereocenters. The largest absolute Gasteiger partial charge is 0.308 e.